The summed E-state index contributed by atoms with van der Waals surface area (Å²) in [6.07, 6.45) is 0. The Morgan fingerprint density at radius 1 is 1.47 bits per heavy atom. The average molecular weight is 234 g/mol. The smallest absolute Gasteiger partial charge is 0.271 e. The molecule has 1 aromatic carbocycles. The van der Waals surface area contributed by atoms with Crippen molar-refractivity contribution in [2.45, 2.75) is 6.54 Å². The van der Waals surface area contributed by atoms with Crippen LogP contribution in [0.2, 0.25) is 0 Å². The summed E-state index contributed by atoms with van der Waals surface area (Å²) >= 11 is 0. The van der Waals surface area contributed by atoms with Crippen LogP contribution in [-0.4, -0.2) is 24.1 Å². The zero-order valence-corrected chi connectivity index (χ0v) is 9.29. The van der Waals surface area contributed by atoms with E-state index < -0.39 is 0 Å². The highest BCUT2D eigenvalue weighted by Gasteiger charge is 2.27. The summed E-state index contributed by atoms with van der Waals surface area (Å²) in [4.78, 5) is 11.8. The van der Waals surface area contributed by atoms with E-state index in [9.17, 15) is 9.18 Å². The topological polar surface area (TPSA) is 43.3 Å². The van der Waals surface area contributed by atoms with Gasteiger partial charge in [-0.25, -0.2) is 4.39 Å². The highest BCUT2D eigenvalue weighted by Crippen LogP contribution is 2.35. The number of nitrogens with zero attached hydrogens (tertiary/aromatic N) is 1. The van der Waals surface area contributed by atoms with Crippen molar-refractivity contribution >= 4 is 16.8 Å². The molecule has 0 bridgehead atoms. The zero-order chi connectivity index (χ0) is 12.0. The third-order valence-corrected chi connectivity index (χ3v) is 3.03. The van der Waals surface area contributed by atoms with Crippen molar-refractivity contribution in [3.8, 4) is 5.75 Å². The first-order valence-electron chi connectivity index (χ1n) is 5.37. The van der Waals surface area contributed by atoms with Gasteiger partial charge in [0.2, 0.25) is 0 Å². The number of halogens is 1. The summed E-state index contributed by atoms with van der Waals surface area (Å²) in [6, 6.07) is 4.80. The molecule has 4 nitrogen and oxygen atoms in total. The van der Waals surface area contributed by atoms with Crippen LogP contribution in [-0.2, 0) is 6.54 Å². The third-order valence-electron chi connectivity index (χ3n) is 3.03. The lowest BCUT2D eigenvalue weighted by Gasteiger charge is -2.17. The zero-order valence-electron chi connectivity index (χ0n) is 9.29. The van der Waals surface area contributed by atoms with E-state index in [0.717, 1.165) is 0 Å². The number of methoxy groups -OCH3 is 1. The van der Waals surface area contributed by atoms with Gasteiger partial charge in [0.15, 0.2) is 11.4 Å². The number of carbonyl (C=O) groups excluding carboxylic acids is 1. The molecule has 1 aliphatic heterocycles. The summed E-state index contributed by atoms with van der Waals surface area (Å²) in [6.45, 7) is 1.18. The maximum absolute atomic E-state index is 13.8. The number of fused-ring (bicyclic) bond motifs is 3. The van der Waals surface area contributed by atoms with E-state index >= 15 is 0 Å². The van der Waals surface area contributed by atoms with Gasteiger partial charge in [-0.05, 0) is 12.1 Å². The monoisotopic (exact) mass is 234 g/mol. The number of hydrogen-bond donors (Lipinski definition) is 1. The quantitative estimate of drug-likeness (QED) is 0.813. The van der Waals surface area contributed by atoms with Crippen molar-refractivity contribution in [2.75, 3.05) is 13.7 Å². The maximum Gasteiger partial charge on any atom is 0.271 e. The predicted octanol–water partition coefficient (Wildman–Crippen LogP) is 1.53. The molecule has 17 heavy (non-hydrogen) atoms. The van der Waals surface area contributed by atoms with Crippen LogP contribution in [0.5, 0.6) is 5.75 Å². The van der Waals surface area contributed by atoms with Gasteiger partial charge in [-0.1, -0.05) is 6.07 Å². The molecule has 3 rings (SSSR count). The Balaban J connectivity index is 2.47. The number of ether oxygens (including phenoxy) is 1. The number of carbonyl (C=O) groups is 1. The highest BCUT2D eigenvalue weighted by atomic mass is 19.1. The lowest BCUT2D eigenvalue weighted by molar-refractivity contribution is 0.0925. The number of rotatable bonds is 1. The molecule has 2 heterocycles. The second kappa shape index (κ2) is 3.48. The minimum absolute atomic E-state index is 0.219. The summed E-state index contributed by atoms with van der Waals surface area (Å²) in [5.74, 6) is -0.270. The minimum Gasteiger partial charge on any atom is -0.494 e. The fourth-order valence-corrected chi connectivity index (χ4v) is 2.35. The molecule has 88 valence electrons. The Hall–Kier alpha value is -2.04. The summed E-state index contributed by atoms with van der Waals surface area (Å²) in [5.41, 5.74) is 1.10. The lowest BCUT2D eigenvalue weighted by Crippen LogP contribution is -2.35. The van der Waals surface area contributed by atoms with Crippen molar-refractivity contribution in [1.29, 1.82) is 0 Å². The largest absolute Gasteiger partial charge is 0.494 e. The molecule has 1 amide bonds. The van der Waals surface area contributed by atoms with Crippen molar-refractivity contribution in [3.05, 3.63) is 29.7 Å². The first-order chi connectivity index (χ1) is 8.24. The molecule has 0 saturated heterocycles. The lowest BCUT2D eigenvalue weighted by atomic mass is 10.2. The molecule has 0 radical (unpaired) electrons. The molecular weight excluding hydrogens is 223 g/mol. The van der Waals surface area contributed by atoms with Crippen LogP contribution in [0, 0.1) is 5.82 Å². The van der Waals surface area contributed by atoms with Crippen molar-refractivity contribution in [1.82, 2.24) is 9.88 Å². The number of benzene rings is 1. The van der Waals surface area contributed by atoms with E-state index in [2.05, 4.69) is 5.32 Å². The molecular formula is C12H11FN2O2. The number of amides is 1. The Bertz CT molecular complexity index is 618. The Morgan fingerprint density at radius 3 is 3.06 bits per heavy atom. The fraction of sp³-hybridized carbons (Fsp3) is 0.250. The summed E-state index contributed by atoms with van der Waals surface area (Å²) in [5, 5.41) is 3.11. The fourth-order valence-electron chi connectivity index (χ4n) is 2.35. The Kier molecular flexibility index (Phi) is 2.07. The Labute approximate surface area is 97.0 Å². The number of hydrogen-bond acceptors (Lipinski definition) is 2. The second-order valence-electron chi connectivity index (χ2n) is 3.92. The number of aromatic nitrogens is 1. The van der Waals surface area contributed by atoms with Crippen LogP contribution < -0.4 is 10.1 Å². The minimum atomic E-state index is -0.367. The van der Waals surface area contributed by atoms with Gasteiger partial charge in [-0.2, -0.15) is 0 Å². The van der Waals surface area contributed by atoms with E-state index in [0.29, 0.717) is 35.4 Å². The van der Waals surface area contributed by atoms with Gasteiger partial charge in [0, 0.05) is 13.1 Å². The van der Waals surface area contributed by atoms with Crippen LogP contribution in [0.25, 0.3) is 10.9 Å². The molecule has 2 aromatic rings. The molecule has 0 unspecified atom stereocenters. The number of nitrogens with one attached hydrogen (secondary N) is 1. The van der Waals surface area contributed by atoms with Crippen LogP contribution in [0.3, 0.4) is 0 Å². The highest BCUT2D eigenvalue weighted by molar-refractivity contribution is 6.04. The molecule has 0 atom stereocenters. The SMILES string of the molecule is COc1c2n(c3cccc(F)c13)CCNC2=O. The van der Waals surface area contributed by atoms with Gasteiger partial charge >= 0.3 is 0 Å². The van der Waals surface area contributed by atoms with Crippen molar-refractivity contribution in [3.63, 3.8) is 0 Å². The van der Waals surface area contributed by atoms with E-state index in [1.54, 1.807) is 16.7 Å². The summed E-state index contributed by atoms with van der Waals surface area (Å²) in [7, 11) is 1.45. The van der Waals surface area contributed by atoms with Gasteiger partial charge < -0.3 is 14.6 Å². The average Bonchev–Trinajstić information content (AvgIpc) is 2.66. The summed E-state index contributed by atoms with van der Waals surface area (Å²) < 4.78 is 20.8. The van der Waals surface area contributed by atoms with Crippen LogP contribution in [0.4, 0.5) is 4.39 Å². The van der Waals surface area contributed by atoms with Crippen LogP contribution in [0.1, 0.15) is 10.5 Å². The van der Waals surface area contributed by atoms with Gasteiger partial charge in [0.25, 0.3) is 5.91 Å². The maximum atomic E-state index is 13.8. The van der Waals surface area contributed by atoms with Crippen molar-refractivity contribution < 1.29 is 13.9 Å². The van der Waals surface area contributed by atoms with Gasteiger partial charge in [0.05, 0.1) is 18.0 Å². The van der Waals surface area contributed by atoms with Gasteiger partial charge in [0.1, 0.15) is 5.82 Å². The molecule has 0 spiro atoms. The van der Waals surface area contributed by atoms with E-state index in [4.69, 9.17) is 4.74 Å². The van der Waals surface area contributed by atoms with Crippen LogP contribution >= 0.6 is 0 Å². The molecule has 1 aromatic heterocycles. The molecule has 0 fully saturated rings. The van der Waals surface area contributed by atoms with Gasteiger partial charge in [-0.15, -0.1) is 0 Å². The molecule has 0 aliphatic carbocycles. The molecule has 5 heteroatoms. The van der Waals surface area contributed by atoms with Crippen LogP contribution in [0.15, 0.2) is 18.2 Å². The molecule has 0 saturated carbocycles. The normalized spacial score (nSPS) is 14.6. The third kappa shape index (κ3) is 1.25. The van der Waals surface area contributed by atoms with Crippen molar-refractivity contribution in [2.24, 2.45) is 0 Å². The second-order valence-corrected chi connectivity index (χ2v) is 3.92. The first kappa shape index (κ1) is 10.1. The predicted molar refractivity (Wildman–Crippen MR) is 60.8 cm³/mol. The molecule has 1 aliphatic rings. The van der Waals surface area contributed by atoms with E-state index in [1.807, 2.05) is 0 Å². The standard InChI is InChI=1S/C12H11FN2O2/c1-17-11-9-7(13)3-2-4-8(9)15-6-5-14-12(16)10(11)15/h2-4H,5-6H2,1H3,(H,14,16). The van der Waals surface area contributed by atoms with E-state index in [-0.39, 0.29) is 11.7 Å². The van der Waals surface area contributed by atoms with E-state index in [1.165, 1.54) is 13.2 Å². The Morgan fingerprint density at radius 2 is 2.29 bits per heavy atom. The molecule has 1 N–H and O–H groups in total. The van der Waals surface area contributed by atoms with Gasteiger partial charge in [-0.3, -0.25) is 4.79 Å². The first-order valence-corrected chi connectivity index (χ1v) is 5.37.